The maximum atomic E-state index is 13.4. The lowest BCUT2D eigenvalue weighted by molar-refractivity contribution is 0.627. The summed E-state index contributed by atoms with van der Waals surface area (Å²) in [6, 6.07) is 4.81. The van der Waals surface area contributed by atoms with Crippen LogP contribution in [0.3, 0.4) is 0 Å². The molecule has 1 aliphatic rings. The predicted molar refractivity (Wildman–Crippen MR) is 65.7 cm³/mol. The van der Waals surface area contributed by atoms with Gasteiger partial charge in [0.2, 0.25) is 0 Å². The summed E-state index contributed by atoms with van der Waals surface area (Å²) in [6.45, 7) is 0. The Morgan fingerprint density at radius 3 is 3.22 bits per heavy atom. The number of nitrogens with zero attached hydrogens (tertiary/aromatic N) is 4. The first-order valence-electron chi connectivity index (χ1n) is 5.43. The fraction of sp³-hybridized carbons (Fsp3) is 0.0833. The molecule has 1 aromatic carbocycles. The third kappa shape index (κ3) is 1.35. The van der Waals surface area contributed by atoms with Gasteiger partial charge in [-0.2, -0.15) is 10.1 Å². The summed E-state index contributed by atoms with van der Waals surface area (Å²) in [6.07, 6.45) is 3.37. The van der Waals surface area contributed by atoms with E-state index in [1.807, 2.05) is 6.20 Å². The summed E-state index contributed by atoms with van der Waals surface area (Å²) in [5.74, 6) is 1.11. The Labute approximate surface area is 106 Å². The number of rotatable bonds is 0. The zero-order chi connectivity index (χ0) is 12.1. The number of fused-ring (bicyclic) bond motifs is 4. The first-order valence-corrected chi connectivity index (χ1v) is 6.42. The van der Waals surface area contributed by atoms with Crippen LogP contribution in [0.5, 0.6) is 0 Å². The number of halogens is 1. The number of benzene rings is 1. The molecular formula is C12H7FN4S. The molecule has 0 radical (unpaired) electrons. The van der Waals surface area contributed by atoms with E-state index in [4.69, 9.17) is 0 Å². The van der Waals surface area contributed by atoms with Gasteiger partial charge in [-0.05, 0) is 18.2 Å². The van der Waals surface area contributed by atoms with Gasteiger partial charge in [0, 0.05) is 28.0 Å². The van der Waals surface area contributed by atoms with Crippen molar-refractivity contribution in [3.8, 4) is 11.3 Å². The zero-order valence-corrected chi connectivity index (χ0v) is 9.99. The van der Waals surface area contributed by atoms with Crippen LogP contribution in [-0.4, -0.2) is 19.6 Å². The number of hydrogen-bond acceptors (Lipinski definition) is 4. The second kappa shape index (κ2) is 3.52. The summed E-state index contributed by atoms with van der Waals surface area (Å²) < 4.78 is 15.0. The van der Waals surface area contributed by atoms with Crippen LogP contribution in [-0.2, 0) is 5.75 Å². The highest BCUT2D eigenvalue weighted by Gasteiger charge is 2.20. The second-order valence-corrected chi connectivity index (χ2v) is 5.07. The molecule has 0 bridgehead atoms. The molecule has 0 spiro atoms. The average Bonchev–Trinajstić information content (AvgIpc) is 2.83. The molecule has 0 fully saturated rings. The van der Waals surface area contributed by atoms with Crippen molar-refractivity contribution >= 4 is 17.5 Å². The molecule has 3 heterocycles. The number of aromatic nitrogens is 4. The molecule has 18 heavy (non-hydrogen) atoms. The molecule has 1 aliphatic heterocycles. The van der Waals surface area contributed by atoms with Crippen molar-refractivity contribution in [2.45, 2.75) is 10.6 Å². The summed E-state index contributed by atoms with van der Waals surface area (Å²) in [4.78, 5) is 9.59. The van der Waals surface area contributed by atoms with E-state index in [0.717, 1.165) is 27.5 Å². The van der Waals surface area contributed by atoms with E-state index in [-0.39, 0.29) is 5.82 Å². The maximum absolute atomic E-state index is 13.4. The Morgan fingerprint density at radius 1 is 1.33 bits per heavy atom. The third-order valence-corrected chi connectivity index (χ3v) is 4.05. The zero-order valence-electron chi connectivity index (χ0n) is 9.17. The van der Waals surface area contributed by atoms with Crippen LogP contribution in [0.2, 0.25) is 0 Å². The summed E-state index contributed by atoms with van der Waals surface area (Å²) in [5, 5.41) is 4.06. The third-order valence-electron chi connectivity index (χ3n) is 2.93. The topological polar surface area (TPSA) is 43.1 Å². The van der Waals surface area contributed by atoms with Crippen molar-refractivity contribution in [1.29, 1.82) is 0 Å². The second-order valence-electron chi connectivity index (χ2n) is 4.05. The van der Waals surface area contributed by atoms with E-state index in [2.05, 4.69) is 15.1 Å². The Kier molecular flexibility index (Phi) is 1.96. The summed E-state index contributed by atoms with van der Waals surface area (Å²) >= 11 is 1.68. The van der Waals surface area contributed by atoms with Crippen LogP contribution in [0.25, 0.3) is 17.0 Å². The minimum absolute atomic E-state index is 0.245. The Morgan fingerprint density at radius 2 is 2.28 bits per heavy atom. The smallest absolute Gasteiger partial charge is 0.211 e. The normalized spacial score (nSPS) is 13.4. The fourth-order valence-corrected chi connectivity index (χ4v) is 3.10. The Hall–Kier alpha value is -1.95. The van der Waals surface area contributed by atoms with E-state index in [0.29, 0.717) is 5.78 Å². The van der Waals surface area contributed by atoms with Gasteiger partial charge in [0.1, 0.15) is 12.1 Å². The first kappa shape index (κ1) is 10.0. The van der Waals surface area contributed by atoms with Gasteiger partial charge < -0.3 is 0 Å². The van der Waals surface area contributed by atoms with Gasteiger partial charge in [0.15, 0.2) is 0 Å². The SMILES string of the molecule is Fc1ccc2c(c1)-c1nc3ncnn3cc1CS2. The molecule has 2 aromatic heterocycles. The molecule has 0 atom stereocenters. The minimum Gasteiger partial charge on any atom is -0.211 e. The molecular weight excluding hydrogens is 251 g/mol. The standard InChI is InChI=1S/C12H7FN4S/c13-8-1-2-10-9(3-8)11-7(5-18-10)4-17-12(16-11)14-6-15-17/h1-4,6H,5H2. The maximum Gasteiger partial charge on any atom is 0.252 e. The Bertz CT molecular complexity index is 768. The average molecular weight is 258 g/mol. The highest BCUT2D eigenvalue weighted by molar-refractivity contribution is 7.98. The molecule has 3 aromatic rings. The lowest BCUT2D eigenvalue weighted by Gasteiger charge is -2.17. The number of hydrogen-bond donors (Lipinski definition) is 0. The monoisotopic (exact) mass is 258 g/mol. The first-order chi connectivity index (χ1) is 8.81. The van der Waals surface area contributed by atoms with Crippen LogP contribution < -0.4 is 0 Å². The van der Waals surface area contributed by atoms with Crippen LogP contribution in [0.1, 0.15) is 5.56 Å². The molecule has 0 N–H and O–H groups in total. The van der Waals surface area contributed by atoms with E-state index >= 15 is 0 Å². The lowest BCUT2D eigenvalue weighted by Crippen LogP contribution is -2.03. The summed E-state index contributed by atoms with van der Waals surface area (Å²) in [5.41, 5.74) is 2.70. The van der Waals surface area contributed by atoms with Crippen molar-refractivity contribution in [2.24, 2.45) is 0 Å². The van der Waals surface area contributed by atoms with Gasteiger partial charge >= 0.3 is 0 Å². The fourth-order valence-electron chi connectivity index (χ4n) is 2.10. The highest BCUT2D eigenvalue weighted by atomic mass is 32.2. The molecule has 0 unspecified atom stereocenters. The molecule has 0 saturated carbocycles. The summed E-state index contributed by atoms with van der Waals surface area (Å²) in [7, 11) is 0. The van der Waals surface area contributed by atoms with E-state index in [1.54, 1.807) is 22.3 Å². The van der Waals surface area contributed by atoms with Crippen LogP contribution in [0.15, 0.2) is 35.6 Å². The van der Waals surface area contributed by atoms with Gasteiger partial charge in [0.25, 0.3) is 5.78 Å². The lowest BCUT2D eigenvalue weighted by atomic mass is 10.1. The van der Waals surface area contributed by atoms with Crippen molar-refractivity contribution in [2.75, 3.05) is 0 Å². The van der Waals surface area contributed by atoms with E-state index < -0.39 is 0 Å². The van der Waals surface area contributed by atoms with Crippen LogP contribution in [0, 0.1) is 5.82 Å². The molecule has 0 saturated heterocycles. The van der Waals surface area contributed by atoms with Gasteiger partial charge in [-0.1, -0.05) is 0 Å². The quantitative estimate of drug-likeness (QED) is 0.621. The molecule has 4 nitrogen and oxygen atoms in total. The van der Waals surface area contributed by atoms with Crippen LogP contribution in [0.4, 0.5) is 4.39 Å². The van der Waals surface area contributed by atoms with Gasteiger partial charge in [-0.25, -0.2) is 13.9 Å². The van der Waals surface area contributed by atoms with Crippen molar-refractivity contribution in [3.63, 3.8) is 0 Å². The van der Waals surface area contributed by atoms with Crippen LogP contribution >= 0.6 is 11.8 Å². The minimum atomic E-state index is -0.245. The Balaban J connectivity index is 2.06. The molecule has 0 amide bonds. The van der Waals surface area contributed by atoms with Gasteiger partial charge in [-0.3, -0.25) is 0 Å². The van der Waals surface area contributed by atoms with Gasteiger partial charge in [0.05, 0.1) is 5.69 Å². The molecule has 4 rings (SSSR count). The largest absolute Gasteiger partial charge is 0.252 e. The van der Waals surface area contributed by atoms with E-state index in [9.17, 15) is 4.39 Å². The van der Waals surface area contributed by atoms with E-state index in [1.165, 1.54) is 18.5 Å². The molecule has 0 aliphatic carbocycles. The van der Waals surface area contributed by atoms with Gasteiger partial charge in [-0.15, -0.1) is 11.8 Å². The molecule has 88 valence electrons. The molecule has 6 heteroatoms. The van der Waals surface area contributed by atoms with Crippen molar-refractivity contribution < 1.29 is 4.39 Å². The number of thioether (sulfide) groups is 1. The highest BCUT2D eigenvalue weighted by Crippen LogP contribution is 2.40. The van der Waals surface area contributed by atoms with Crippen molar-refractivity contribution in [3.05, 3.63) is 42.1 Å². The predicted octanol–water partition coefficient (Wildman–Crippen LogP) is 2.54. The van der Waals surface area contributed by atoms with Crippen molar-refractivity contribution in [1.82, 2.24) is 19.6 Å².